The molecule has 0 spiro atoms. The second kappa shape index (κ2) is 7.58. The van der Waals surface area contributed by atoms with E-state index >= 15 is 0 Å². The molecule has 1 N–H and O–H groups in total. The van der Waals surface area contributed by atoms with E-state index in [1.54, 1.807) is 5.56 Å². The molecule has 0 fully saturated rings. The molecule has 1 aromatic carbocycles. The van der Waals surface area contributed by atoms with Crippen LogP contribution >= 0.6 is 0 Å². The predicted molar refractivity (Wildman–Crippen MR) is 81.1 cm³/mol. The zero-order valence-electron chi connectivity index (χ0n) is 12.7. The van der Waals surface area contributed by atoms with E-state index in [1.807, 2.05) is 0 Å². The maximum absolute atomic E-state index is 3.55. The summed E-state index contributed by atoms with van der Waals surface area (Å²) < 4.78 is 0. The van der Waals surface area contributed by atoms with Crippen molar-refractivity contribution in [3.05, 3.63) is 34.9 Å². The fourth-order valence-corrected chi connectivity index (χ4v) is 2.35. The fraction of sp³-hybridized carbons (Fsp3) is 0.647. The average Bonchev–Trinajstić information content (AvgIpc) is 2.27. The van der Waals surface area contributed by atoms with Crippen molar-refractivity contribution in [1.82, 2.24) is 5.32 Å². The van der Waals surface area contributed by atoms with Gasteiger partial charge in [-0.15, -0.1) is 0 Å². The van der Waals surface area contributed by atoms with E-state index in [-0.39, 0.29) is 0 Å². The lowest BCUT2D eigenvalue weighted by Gasteiger charge is -2.15. The third-order valence-electron chi connectivity index (χ3n) is 3.58. The van der Waals surface area contributed by atoms with Crippen LogP contribution in [0.4, 0.5) is 0 Å². The van der Waals surface area contributed by atoms with Crippen molar-refractivity contribution in [2.45, 2.75) is 47.5 Å². The second-order valence-corrected chi connectivity index (χ2v) is 6.07. The molecule has 1 heteroatoms. The number of aryl methyl sites for hydroxylation is 2. The van der Waals surface area contributed by atoms with Crippen LogP contribution in [0.15, 0.2) is 18.2 Å². The van der Waals surface area contributed by atoms with Gasteiger partial charge in [0, 0.05) is 0 Å². The first-order valence-electron chi connectivity index (χ1n) is 7.26. The van der Waals surface area contributed by atoms with Crippen LogP contribution in [0.25, 0.3) is 0 Å². The third kappa shape index (κ3) is 5.22. The van der Waals surface area contributed by atoms with Crippen LogP contribution < -0.4 is 5.32 Å². The molecule has 0 aliphatic rings. The zero-order valence-corrected chi connectivity index (χ0v) is 12.7. The molecular formula is C17H29N. The average molecular weight is 247 g/mol. The molecule has 1 nitrogen and oxygen atoms in total. The van der Waals surface area contributed by atoms with Gasteiger partial charge in [0.05, 0.1) is 0 Å². The van der Waals surface area contributed by atoms with Crippen molar-refractivity contribution in [2.75, 3.05) is 13.1 Å². The summed E-state index contributed by atoms with van der Waals surface area (Å²) >= 11 is 0. The maximum Gasteiger partial charge on any atom is -0.00229 e. The summed E-state index contributed by atoms with van der Waals surface area (Å²) in [6.07, 6.45) is 2.49. The molecule has 102 valence electrons. The smallest absolute Gasteiger partial charge is 0.00229 e. The molecule has 0 aliphatic carbocycles. The van der Waals surface area contributed by atoms with Crippen molar-refractivity contribution in [2.24, 2.45) is 11.8 Å². The van der Waals surface area contributed by atoms with Crippen LogP contribution in [0.5, 0.6) is 0 Å². The molecule has 0 aliphatic heterocycles. The summed E-state index contributed by atoms with van der Waals surface area (Å²) in [5, 5.41) is 3.55. The molecule has 0 bridgehead atoms. The highest BCUT2D eigenvalue weighted by molar-refractivity contribution is 5.33. The van der Waals surface area contributed by atoms with Gasteiger partial charge in [-0.25, -0.2) is 0 Å². The molecule has 0 saturated carbocycles. The lowest BCUT2D eigenvalue weighted by Crippen LogP contribution is -2.25. The number of rotatable bonds is 7. The minimum absolute atomic E-state index is 0.746. The Hall–Kier alpha value is -0.820. The first-order chi connectivity index (χ1) is 8.50. The molecule has 0 aromatic heterocycles. The summed E-state index contributed by atoms with van der Waals surface area (Å²) in [5.74, 6) is 1.50. The van der Waals surface area contributed by atoms with Crippen LogP contribution in [0.3, 0.4) is 0 Å². The minimum atomic E-state index is 0.746. The van der Waals surface area contributed by atoms with E-state index < -0.39 is 0 Å². The number of nitrogens with one attached hydrogen (secondary N) is 1. The first-order valence-corrected chi connectivity index (χ1v) is 7.26. The van der Waals surface area contributed by atoms with E-state index in [0.29, 0.717) is 0 Å². The molecule has 1 rings (SSSR count). The Balaban J connectivity index is 2.36. The quantitative estimate of drug-likeness (QED) is 0.764. The molecule has 0 heterocycles. The van der Waals surface area contributed by atoms with Crippen LogP contribution in [-0.4, -0.2) is 13.1 Å². The third-order valence-corrected chi connectivity index (χ3v) is 3.58. The SMILES string of the molecule is Cc1cccc(C)c1CCC(C)CNCC(C)C. The van der Waals surface area contributed by atoms with E-state index in [1.165, 1.54) is 24.0 Å². The molecule has 1 unspecified atom stereocenters. The maximum atomic E-state index is 3.55. The van der Waals surface area contributed by atoms with Crippen molar-refractivity contribution < 1.29 is 0 Å². The van der Waals surface area contributed by atoms with Gasteiger partial charge in [-0.1, -0.05) is 39.0 Å². The highest BCUT2D eigenvalue weighted by Crippen LogP contribution is 2.17. The second-order valence-electron chi connectivity index (χ2n) is 6.07. The Labute approximate surface area is 113 Å². The Bertz CT molecular complexity index is 334. The first kappa shape index (κ1) is 15.2. The van der Waals surface area contributed by atoms with Gasteiger partial charge in [-0.05, 0) is 68.3 Å². The lowest BCUT2D eigenvalue weighted by molar-refractivity contribution is 0.453. The Morgan fingerprint density at radius 2 is 1.61 bits per heavy atom. The normalized spacial score (nSPS) is 13.0. The Morgan fingerprint density at radius 3 is 2.17 bits per heavy atom. The zero-order chi connectivity index (χ0) is 13.5. The van der Waals surface area contributed by atoms with Gasteiger partial charge in [-0.3, -0.25) is 0 Å². The molecule has 0 radical (unpaired) electrons. The van der Waals surface area contributed by atoms with Gasteiger partial charge >= 0.3 is 0 Å². The van der Waals surface area contributed by atoms with Crippen molar-refractivity contribution in [1.29, 1.82) is 0 Å². The van der Waals surface area contributed by atoms with E-state index in [9.17, 15) is 0 Å². The van der Waals surface area contributed by atoms with Gasteiger partial charge < -0.3 is 5.32 Å². The van der Waals surface area contributed by atoms with Crippen LogP contribution in [0, 0.1) is 25.7 Å². The molecular weight excluding hydrogens is 218 g/mol. The van der Waals surface area contributed by atoms with Crippen molar-refractivity contribution >= 4 is 0 Å². The van der Waals surface area contributed by atoms with Crippen molar-refractivity contribution in [3.8, 4) is 0 Å². The standard InChI is InChI=1S/C17H29N/c1-13(2)11-18-12-14(3)9-10-17-15(4)7-6-8-16(17)5/h6-8,13-14,18H,9-12H2,1-5H3. The summed E-state index contributed by atoms with van der Waals surface area (Å²) in [4.78, 5) is 0. The lowest BCUT2D eigenvalue weighted by atomic mass is 9.94. The van der Waals surface area contributed by atoms with Gasteiger partial charge in [0.15, 0.2) is 0 Å². The van der Waals surface area contributed by atoms with Gasteiger partial charge in [0.1, 0.15) is 0 Å². The monoisotopic (exact) mass is 247 g/mol. The summed E-state index contributed by atoms with van der Waals surface area (Å²) in [5.41, 5.74) is 4.43. The van der Waals surface area contributed by atoms with E-state index in [4.69, 9.17) is 0 Å². The molecule has 1 atom stereocenters. The number of hydrogen-bond acceptors (Lipinski definition) is 1. The topological polar surface area (TPSA) is 12.0 Å². The van der Waals surface area contributed by atoms with Gasteiger partial charge in [-0.2, -0.15) is 0 Å². The summed E-state index contributed by atoms with van der Waals surface area (Å²) in [7, 11) is 0. The van der Waals surface area contributed by atoms with Gasteiger partial charge in [0.2, 0.25) is 0 Å². The van der Waals surface area contributed by atoms with Crippen LogP contribution in [0.1, 0.15) is 43.9 Å². The molecule has 18 heavy (non-hydrogen) atoms. The Morgan fingerprint density at radius 1 is 1.00 bits per heavy atom. The highest BCUT2D eigenvalue weighted by Gasteiger charge is 2.06. The minimum Gasteiger partial charge on any atom is -0.316 e. The molecule has 1 aromatic rings. The fourth-order valence-electron chi connectivity index (χ4n) is 2.35. The Kier molecular flexibility index (Phi) is 6.42. The van der Waals surface area contributed by atoms with Crippen LogP contribution in [0.2, 0.25) is 0 Å². The molecule has 0 saturated heterocycles. The van der Waals surface area contributed by atoms with Gasteiger partial charge in [0.25, 0.3) is 0 Å². The number of benzene rings is 1. The van der Waals surface area contributed by atoms with E-state index in [2.05, 4.69) is 58.1 Å². The molecule has 0 amide bonds. The van der Waals surface area contributed by atoms with E-state index in [0.717, 1.165) is 24.9 Å². The number of hydrogen-bond donors (Lipinski definition) is 1. The van der Waals surface area contributed by atoms with Crippen LogP contribution in [-0.2, 0) is 6.42 Å². The summed E-state index contributed by atoms with van der Waals surface area (Å²) in [6.45, 7) is 13.6. The summed E-state index contributed by atoms with van der Waals surface area (Å²) in [6, 6.07) is 6.61. The predicted octanol–water partition coefficient (Wildman–Crippen LogP) is 4.12. The van der Waals surface area contributed by atoms with Crippen molar-refractivity contribution in [3.63, 3.8) is 0 Å². The highest BCUT2D eigenvalue weighted by atomic mass is 14.9. The largest absolute Gasteiger partial charge is 0.316 e.